The van der Waals surface area contributed by atoms with E-state index in [1.807, 2.05) is 16.1 Å². The van der Waals surface area contributed by atoms with Crippen LogP contribution in [0.25, 0.3) is 0 Å². The Labute approximate surface area is 136 Å². The van der Waals surface area contributed by atoms with Crippen LogP contribution in [-0.4, -0.2) is 21.4 Å². The number of fused-ring (bicyclic) bond motifs is 1. The van der Waals surface area contributed by atoms with E-state index in [0.29, 0.717) is 23.2 Å². The van der Waals surface area contributed by atoms with Crippen LogP contribution < -0.4 is 10.9 Å². The number of aromatic amines is 1. The maximum atomic E-state index is 12.6. The minimum atomic E-state index is -0.0772. The van der Waals surface area contributed by atoms with E-state index in [2.05, 4.69) is 15.8 Å². The summed E-state index contributed by atoms with van der Waals surface area (Å²) in [6.45, 7) is 0. The van der Waals surface area contributed by atoms with E-state index in [0.717, 1.165) is 18.4 Å². The molecule has 1 saturated carbocycles. The number of aromatic nitrogens is 2. The van der Waals surface area contributed by atoms with E-state index in [1.54, 1.807) is 11.3 Å². The van der Waals surface area contributed by atoms with Crippen molar-refractivity contribution in [2.24, 2.45) is 0 Å². The topological polar surface area (TPSA) is 66.9 Å². The number of thioether (sulfide) groups is 1. The van der Waals surface area contributed by atoms with Crippen molar-refractivity contribution in [1.29, 1.82) is 0 Å². The Hall–Kier alpha value is -1.47. The van der Waals surface area contributed by atoms with Crippen molar-refractivity contribution < 1.29 is 4.79 Å². The molecule has 0 saturated heterocycles. The van der Waals surface area contributed by atoms with Crippen molar-refractivity contribution in [3.8, 4) is 0 Å². The van der Waals surface area contributed by atoms with Gasteiger partial charge in [-0.15, -0.1) is 11.8 Å². The lowest BCUT2D eigenvalue weighted by atomic mass is 10.1. The highest BCUT2D eigenvalue weighted by Crippen LogP contribution is 2.42. The molecule has 1 atom stereocenters. The summed E-state index contributed by atoms with van der Waals surface area (Å²) in [6.07, 6.45) is 4.47. The van der Waals surface area contributed by atoms with Gasteiger partial charge in [0, 0.05) is 0 Å². The second-order valence-electron chi connectivity index (χ2n) is 5.81. The quantitative estimate of drug-likeness (QED) is 0.886. The van der Waals surface area contributed by atoms with Crippen molar-refractivity contribution in [3.63, 3.8) is 0 Å². The third-order valence-electron chi connectivity index (χ3n) is 4.40. The van der Waals surface area contributed by atoms with Crippen molar-refractivity contribution >= 4 is 34.8 Å². The molecule has 2 aromatic rings. The average Bonchev–Trinajstić information content (AvgIpc) is 3.21. The molecule has 3 heterocycles. The van der Waals surface area contributed by atoms with E-state index < -0.39 is 0 Å². The molecule has 1 aliphatic carbocycles. The number of carbonyl (C=O) groups is 1. The standard InChI is InChI=1S/C15H17N3O2S2/c19-11-8-22-13(9-5-6-21-7-9)12-14(16-11)18(17-15(12)20)10-3-1-2-4-10/h5-7,10,13H,1-4,8H2,(H,16,19)(H,17,20)/t13-/m0/s1. The van der Waals surface area contributed by atoms with Crippen LogP contribution in [0, 0.1) is 0 Å². The van der Waals surface area contributed by atoms with E-state index >= 15 is 0 Å². The van der Waals surface area contributed by atoms with Crippen LogP contribution in [0.4, 0.5) is 5.82 Å². The molecule has 0 bridgehead atoms. The third kappa shape index (κ3) is 2.32. The molecular weight excluding hydrogens is 318 g/mol. The Kier molecular flexibility index (Phi) is 3.62. The predicted molar refractivity (Wildman–Crippen MR) is 89.8 cm³/mol. The molecule has 5 nitrogen and oxygen atoms in total. The van der Waals surface area contributed by atoms with E-state index in [-0.39, 0.29) is 16.7 Å². The summed E-state index contributed by atoms with van der Waals surface area (Å²) in [5.41, 5.74) is 1.72. The highest BCUT2D eigenvalue weighted by molar-refractivity contribution is 8.00. The van der Waals surface area contributed by atoms with Crippen molar-refractivity contribution in [2.75, 3.05) is 11.1 Å². The zero-order chi connectivity index (χ0) is 15.1. The van der Waals surface area contributed by atoms with Gasteiger partial charge in [-0.2, -0.15) is 11.3 Å². The number of thiophene rings is 1. The fraction of sp³-hybridized carbons (Fsp3) is 0.467. The Morgan fingerprint density at radius 3 is 2.77 bits per heavy atom. The monoisotopic (exact) mass is 335 g/mol. The van der Waals surface area contributed by atoms with Crippen LogP contribution in [-0.2, 0) is 4.79 Å². The van der Waals surface area contributed by atoms with Crippen molar-refractivity contribution in [2.45, 2.75) is 37.0 Å². The lowest BCUT2D eigenvalue weighted by Crippen LogP contribution is -2.18. The summed E-state index contributed by atoms with van der Waals surface area (Å²) >= 11 is 3.14. The first-order chi connectivity index (χ1) is 10.7. The van der Waals surface area contributed by atoms with Crippen molar-refractivity contribution in [3.05, 3.63) is 38.3 Å². The minimum absolute atomic E-state index is 0.0327. The SMILES string of the molecule is O=C1CS[C@@H](c2ccsc2)c2c(n(C3CCCC3)[nH]c2=O)N1. The van der Waals surface area contributed by atoms with Crippen LogP contribution in [0.15, 0.2) is 21.6 Å². The lowest BCUT2D eigenvalue weighted by molar-refractivity contribution is -0.113. The van der Waals surface area contributed by atoms with Gasteiger partial charge in [-0.05, 0) is 35.2 Å². The molecule has 0 spiro atoms. The first kappa shape index (κ1) is 14.1. The van der Waals surface area contributed by atoms with Gasteiger partial charge in [0.05, 0.1) is 22.6 Å². The maximum Gasteiger partial charge on any atom is 0.270 e. The molecule has 1 aliphatic heterocycles. The Morgan fingerprint density at radius 1 is 1.23 bits per heavy atom. The van der Waals surface area contributed by atoms with Gasteiger partial charge in [-0.25, -0.2) is 0 Å². The number of carbonyl (C=O) groups excluding carboxylic acids is 1. The second-order valence-corrected chi connectivity index (χ2v) is 7.68. The average molecular weight is 335 g/mol. The molecule has 2 aromatic heterocycles. The van der Waals surface area contributed by atoms with Crippen molar-refractivity contribution in [1.82, 2.24) is 9.78 Å². The number of nitrogens with one attached hydrogen (secondary N) is 2. The van der Waals surface area contributed by atoms with E-state index in [1.165, 1.54) is 24.6 Å². The van der Waals surface area contributed by atoms with Gasteiger partial charge >= 0.3 is 0 Å². The van der Waals surface area contributed by atoms with Crippen LogP contribution in [0.5, 0.6) is 0 Å². The fourth-order valence-corrected chi connectivity index (χ4v) is 5.25. The molecule has 22 heavy (non-hydrogen) atoms. The Morgan fingerprint density at radius 2 is 2.05 bits per heavy atom. The second kappa shape index (κ2) is 5.62. The largest absolute Gasteiger partial charge is 0.310 e. The molecule has 0 radical (unpaired) electrons. The number of hydrogen-bond acceptors (Lipinski definition) is 4. The number of nitrogens with zero attached hydrogens (tertiary/aromatic N) is 1. The summed E-state index contributed by atoms with van der Waals surface area (Å²) in [7, 11) is 0. The normalized spacial score (nSPS) is 22.4. The van der Waals surface area contributed by atoms with Gasteiger partial charge in [0.15, 0.2) is 0 Å². The van der Waals surface area contributed by atoms with Gasteiger partial charge in [-0.1, -0.05) is 12.8 Å². The molecule has 0 unspecified atom stereocenters. The highest BCUT2D eigenvalue weighted by Gasteiger charge is 2.32. The predicted octanol–water partition coefficient (Wildman–Crippen LogP) is 3.13. The fourth-order valence-electron chi connectivity index (χ4n) is 3.37. The molecule has 2 N–H and O–H groups in total. The van der Waals surface area contributed by atoms with E-state index in [9.17, 15) is 9.59 Å². The summed E-state index contributed by atoms with van der Waals surface area (Å²) in [5, 5.41) is 9.92. The van der Waals surface area contributed by atoms with Gasteiger partial charge in [0.25, 0.3) is 5.56 Å². The zero-order valence-electron chi connectivity index (χ0n) is 12.0. The molecular formula is C15H17N3O2S2. The van der Waals surface area contributed by atoms with Gasteiger partial charge in [0.1, 0.15) is 5.82 Å². The first-order valence-electron chi connectivity index (χ1n) is 7.52. The zero-order valence-corrected chi connectivity index (χ0v) is 13.6. The summed E-state index contributed by atoms with van der Waals surface area (Å²) in [5.74, 6) is 1.03. The lowest BCUT2D eigenvalue weighted by Gasteiger charge is -2.16. The van der Waals surface area contributed by atoms with Crippen LogP contribution >= 0.6 is 23.1 Å². The number of hydrogen-bond donors (Lipinski definition) is 2. The molecule has 1 fully saturated rings. The number of anilines is 1. The molecule has 7 heteroatoms. The third-order valence-corrected chi connectivity index (χ3v) is 6.37. The summed E-state index contributed by atoms with van der Waals surface area (Å²) in [6, 6.07) is 2.33. The molecule has 0 aromatic carbocycles. The summed E-state index contributed by atoms with van der Waals surface area (Å²) in [4.78, 5) is 24.6. The number of amides is 1. The van der Waals surface area contributed by atoms with Gasteiger partial charge in [0.2, 0.25) is 5.91 Å². The molecule has 4 rings (SSSR count). The molecule has 1 amide bonds. The summed E-state index contributed by atoms with van der Waals surface area (Å²) < 4.78 is 1.91. The van der Waals surface area contributed by atoms with Crippen LogP contribution in [0.1, 0.15) is 48.1 Å². The molecule has 116 valence electrons. The minimum Gasteiger partial charge on any atom is -0.310 e. The highest BCUT2D eigenvalue weighted by atomic mass is 32.2. The van der Waals surface area contributed by atoms with Gasteiger partial charge < -0.3 is 5.32 Å². The maximum absolute atomic E-state index is 12.6. The van der Waals surface area contributed by atoms with Crippen LogP contribution in [0.3, 0.4) is 0 Å². The van der Waals surface area contributed by atoms with Crippen LogP contribution in [0.2, 0.25) is 0 Å². The first-order valence-corrected chi connectivity index (χ1v) is 9.51. The number of H-pyrrole nitrogens is 1. The Balaban J connectivity index is 1.85. The Bertz CT molecular complexity index is 741. The van der Waals surface area contributed by atoms with Gasteiger partial charge in [-0.3, -0.25) is 19.4 Å². The molecule has 2 aliphatic rings. The smallest absolute Gasteiger partial charge is 0.270 e. The number of rotatable bonds is 2. The van der Waals surface area contributed by atoms with E-state index in [4.69, 9.17) is 0 Å².